The molecular formula is C18H23FN2O3. The fourth-order valence-corrected chi connectivity index (χ4v) is 3.32. The van der Waals surface area contributed by atoms with Crippen molar-refractivity contribution in [3.8, 4) is 0 Å². The minimum absolute atomic E-state index is 0.0434. The Labute approximate surface area is 141 Å². The van der Waals surface area contributed by atoms with Gasteiger partial charge < -0.3 is 14.5 Å². The third kappa shape index (κ3) is 3.59. The summed E-state index contributed by atoms with van der Waals surface area (Å²) in [4.78, 5) is 28.7. The van der Waals surface area contributed by atoms with Gasteiger partial charge in [0, 0.05) is 37.7 Å². The number of ether oxygens (including phenoxy) is 1. The Kier molecular flexibility index (Phi) is 5.14. The quantitative estimate of drug-likeness (QED) is 0.781. The number of aryl methyl sites for hydroxylation is 1. The highest BCUT2D eigenvalue weighted by atomic mass is 19.1. The minimum Gasteiger partial charge on any atom is -0.378 e. The fourth-order valence-electron chi connectivity index (χ4n) is 3.32. The van der Waals surface area contributed by atoms with E-state index in [9.17, 15) is 14.0 Å². The fraction of sp³-hybridized carbons (Fsp3) is 0.556. The Bertz CT molecular complexity index is 621. The molecule has 2 aliphatic heterocycles. The number of benzene rings is 1. The van der Waals surface area contributed by atoms with Crippen molar-refractivity contribution in [2.24, 2.45) is 5.92 Å². The van der Waals surface area contributed by atoms with Crippen LogP contribution in [0.2, 0.25) is 0 Å². The summed E-state index contributed by atoms with van der Waals surface area (Å²) in [6, 6.07) is 4.56. The Morgan fingerprint density at radius 1 is 1.08 bits per heavy atom. The molecule has 130 valence electrons. The van der Waals surface area contributed by atoms with E-state index in [-0.39, 0.29) is 23.5 Å². The van der Waals surface area contributed by atoms with Crippen LogP contribution < -0.4 is 0 Å². The molecule has 0 aliphatic carbocycles. The molecule has 2 aliphatic rings. The highest BCUT2D eigenvalue weighted by Crippen LogP contribution is 2.23. The van der Waals surface area contributed by atoms with Crippen molar-refractivity contribution in [3.63, 3.8) is 0 Å². The Morgan fingerprint density at radius 3 is 2.33 bits per heavy atom. The van der Waals surface area contributed by atoms with Gasteiger partial charge in [-0.25, -0.2) is 9.18 Å². The largest absolute Gasteiger partial charge is 0.378 e. The van der Waals surface area contributed by atoms with E-state index in [2.05, 4.69) is 0 Å². The van der Waals surface area contributed by atoms with Gasteiger partial charge >= 0.3 is 6.03 Å². The van der Waals surface area contributed by atoms with Crippen LogP contribution in [0.5, 0.6) is 0 Å². The maximum absolute atomic E-state index is 13.4. The first-order valence-electron chi connectivity index (χ1n) is 8.48. The summed E-state index contributed by atoms with van der Waals surface area (Å²) in [6.45, 7) is 5.28. The second kappa shape index (κ2) is 7.30. The molecule has 6 heteroatoms. The third-order valence-electron chi connectivity index (χ3n) is 4.86. The molecule has 0 spiro atoms. The molecule has 0 unspecified atom stereocenters. The van der Waals surface area contributed by atoms with E-state index in [0.717, 1.165) is 0 Å². The number of ketones is 1. The number of hydrogen-bond donors (Lipinski definition) is 0. The van der Waals surface area contributed by atoms with Crippen LogP contribution in [0.15, 0.2) is 18.2 Å². The van der Waals surface area contributed by atoms with Crippen molar-refractivity contribution >= 4 is 11.8 Å². The lowest BCUT2D eigenvalue weighted by Crippen LogP contribution is -2.50. The predicted molar refractivity (Wildman–Crippen MR) is 87.6 cm³/mol. The van der Waals surface area contributed by atoms with Crippen LogP contribution in [0.3, 0.4) is 0 Å². The zero-order valence-electron chi connectivity index (χ0n) is 14.0. The van der Waals surface area contributed by atoms with E-state index in [0.29, 0.717) is 63.4 Å². The lowest BCUT2D eigenvalue weighted by Gasteiger charge is -2.36. The molecule has 0 N–H and O–H groups in total. The monoisotopic (exact) mass is 334 g/mol. The number of piperidine rings is 1. The second-order valence-corrected chi connectivity index (χ2v) is 6.47. The SMILES string of the molecule is Cc1cc(C(=O)C2CCN(C(=O)N3CCOCC3)CC2)ccc1F. The molecule has 3 rings (SSSR count). The average molecular weight is 334 g/mol. The number of hydrogen-bond acceptors (Lipinski definition) is 3. The molecule has 24 heavy (non-hydrogen) atoms. The zero-order valence-corrected chi connectivity index (χ0v) is 14.0. The van der Waals surface area contributed by atoms with Gasteiger partial charge in [-0.1, -0.05) is 0 Å². The first-order valence-corrected chi connectivity index (χ1v) is 8.48. The van der Waals surface area contributed by atoms with Crippen molar-refractivity contribution in [2.45, 2.75) is 19.8 Å². The summed E-state index contributed by atoms with van der Waals surface area (Å²) in [5.41, 5.74) is 1.05. The number of likely N-dealkylation sites (tertiary alicyclic amines) is 1. The lowest BCUT2D eigenvalue weighted by atomic mass is 9.88. The van der Waals surface area contributed by atoms with Crippen molar-refractivity contribution in [2.75, 3.05) is 39.4 Å². The van der Waals surface area contributed by atoms with Gasteiger partial charge in [0.25, 0.3) is 0 Å². The Morgan fingerprint density at radius 2 is 1.71 bits per heavy atom. The maximum atomic E-state index is 13.4. The number of carbonyl (C=O) groups is 2. The van der Waals surface area contributed by atoms with Crippen LogP contribution in [-0.2, 0) is 4.74 Å². The topological polar surface area (TPSA) is 49.9 Å². The Hall–Kier alpha value is -1.95. The highest BCUT2D eigenvalue weighted by molar-refractivity contribution is 5.98. The van der Waals surface area contributed by atoms with Gasteiger partial charge in [0.2, 0.25) is 0 Å². The standard InChI is InChI=1S/C18H23FN2O3/c1-13-12-15(2-3-16(13)19)17(22)14-4-6-20(7-5-14)18(23)21-8-10-24-11-9-21/h2-3,12,14H,4-11H2,1H3. The van der Waals surface area contributed by atoms with E-state index in [1.165, 1.54) is 6.07 Å². The number of urea groups is 1. The lowest BCUT2D eigenvalue weighted by molar-refractivity contribution is 0.0397. The summed E-state index contributed by atoms with van der Waals surface area (Å²) in [6.07, 6.45) is 1.32. The van der Waals surface area contributed by atoms with Crippen molar-refractivity contribution in [1.82, 2.24) is 9.80 Å². The van der Waals surface area contributed by atoms with E-state index >= 15 is 0 Å². The van der Waals surface area contributed by atoms with E-state index in [4.69, 9.17) is 4.74 Å². The molecule has 2 fully saturated rings. The third-order valence-corrected chi connectivity index (χ3v) is 4.86. The molecule has 0 radical (unpaired) electrons. The van der Waals surface area contributed by atoms with Crippen molar-refractivity contribution in [3.05, 3.63) is 35.1 Å². The second-order valence-electron chi connectivity index (χ2n) is 6.47. The molecule has 1 aromatic rings. The van der Waals surface area contributed by atoms with Gasteiger partial charge in [0.15, 0.2) is 5.78 Å². The summed E-state index contributed by atoms with van der Waals surface area (Å²) < 4.78 is 18.6. The first-order chi connectivity index (χ1) is 11.6. The summed E-state index contributed by atoms with van der Waals surface area (Å²) in [7, 11) is 0. The molecule has 5 nitrogen and oxygen atoms in total. The van der Waals surface area contributed by atoms with Gasteiger partial charge in [0.05, 0.1) is 13.2 Å². The summed E-state index contributed by atoms with van der Waals surface area (Å²) >= 11 is 0. The number of nitrogens with zero attached hydrogens (tertiary/aromatic N) is 2. The van der Waals surface area contributed by atoms with Crippen LogP contribution in [-0.4, -0.2) is 61.0 Å². The number of halogens is 1. The predicted octanol–water partition coefficient (Wildman–Crippen LogP) is 2.48. The molecule has 2 saturated heterocycles. The Balaban J connectivity index is 1.57. The number of Topliss-reactive ketones (excluding diaryl/α,β-unsaturated/α-hetero) is 1. The van der Waals surface area contributed by atoms with Gasteiger partial charge in [-0.15, -0.1) is 0 Å². The van der Waals surface area contributed by atoms with Crippen molar-refractivity contribution < 1.29 is 18.7 Å². The van der Waals surface area contributed by atoms with Crippen LogP contribution in [0, 0.1) is 18.7 Å². The van der Waals surface area contributed by atoms with Gasteiger partial charge in [0.1, 0.15) is 5.82 Å². The minimum atomic E-state index is -0.294. The number of carbonyl (C=O) groups excluding carboxylic acids is 2. The number of morpholine rings is 1. The molecule has 2 amide bonds. The first kappa shape index (κ1) is 16.9. The zero-order chi connectivity index (χ0) is 17.1. The van der Waals surface area contributed by atoms with Crippen LogP contribution in [0.25, 0.3) is 0 Å². The molecule has 0 saturated carbocycles. The van der Waals surface area contributed by atoms with Gasteiger partial charge in [-0.05, 0) is 43.5 Å². The number of rotatable bonds is 2. The smallest absolute Gasteiger partial charge is 0.320 e. The van der Waals surface area contributed by atoms with Gasteiger partial charge in [-0.2, -0.15) is 0 Å². The average Bonchev–Trinajstić information content (AvgIpc) is 2.63. The summed E-state index contributed by atoms with van der Waals surface area (Å²) in [5.74, 6) is -0.336. The van der Waals surface area contributed by atoms with Crippen LogP contribution in [0.1, 0.15) is 28.8 Å². The molecule has 2 heterocycles. The van der Waals surface area contributed by atoms with Gasteiger partial charge in [-0.3, -0.25) is 4.79 Å². The van der Waals surface area contributed by atoms with E-state index in [1.54, 1.807) is 19.1 Å². The maximum Gasteiger partial charge on any atom is 0.320 e. The molecule has 0 bridgehead atoms. The molecule has 0 aromatic heterocycles. The highest BCUT2D eigenvalue weighted by Gasteiger charge is 2.30. The number of amides is 2. The van der Waals surface area contributed by atoms with Crippen LogP contribution in [0.4, 0.5) is 9.18 Å². The van der Waals surface area contributed by atoms with Crippen molar-refractivity contribution in [1.29, 1.82) is 0 Å². The molecule has 1 aromatic carbocycles. The van der Waals surface area contributed by atoms with E-state index < -0.39 is 0 Å². The molecule has 0 atom stereocenters. The van der Waals surface area contributed by atoms with Crippen LogP contribution >= 0.6 is 0 Å². The van der Waals surface area contributed by atoms with E-state index in [1.807, 2.05) is 9.80 Å². The molecular weight excluding hydrogens is 311 g/mol. The normalized spacial score (nSPS) is 19.4. The summed E-state index contributed by atoms with van der Waals surface area (Å²) in [5, 5.41) is 0.